The van der Waals surface area contributed by atoms with Crippen molar-refractivity contribution in [3.63, 3.8) is 0 Å². The maximum atomic E-state index is 6.01. The molecule has 1 aliphatic rings. The second kappa shape index (κ2) is 3.26. The number of aryl methyl sites for hydroxylation is 1. The molecule has 2 aromatic rings. The van der Waals surface area contributed by atoms with E-state index >= 15 is 0 Å². The van der Waals surface area contributed by atoms with E-state index in [1.54, 1.807) is 0 Å². The Morgan fingerprint density at radius 2 is 2.27 bits per heavy atom. The van der Waals surface area contributed by atoms with Crippen LogP contribution in [0.25, 0.3) is 10.9 Å². The number of H-pyrrole nitrogens is 1. The molecule has 1 atom stereocenters. The normalized spacial score (nSPS) is 20.5. The molecule has 0 bridgehead atoms. The molecule has 0 fully saturated rings. The largest absolute Gasteiger partial charge is 0.358 e. The van der Waals surface area contributed by atoms with Crippen molar-refractivity contribution in [1.29, 1.82) is 0 Å². The minimum Gasteiger partial charge on any atom is -0.358 e. The zero-order valence-electron chi connectivity index (χ0n) is 8.39. The Labute approximate surface area is 93.4 Å². The molecule has 1 heterocycles. The summed E-state index contributed by atoms with van der Waals surface area (Å²) in [5.41, 5.74) is 9.88. The van der Waals surface area contributed by atoms with Gasteiger partial charge in [-0.3, -0.25) is 0 Å². The zero-order valence-corrected chi connectivity index (χ0v) is 9.14. The number of nitrogens with one attached hydrogen (secondary N) is 1. The molecule has 3 N–H and O–H groups in total. The van der Waals surface area contributed by atoms with Crippen molar-refractivity contribution in [2.24, 2.45) is 5.73 Å². The summed E-state index contributed by atoms with van der Waals surface area (Å²) in [6.45, 7) is 0. The molecular weight excluding hydrogens is 208 g/mol. The minimum absolute atomic E-state index is 0.301. The third-order valence-corrected chi connectivity index (χ3v) is 3.42. The fraction of sp³-hybridized carbons (Fsp3) is 0.333. The van der Waals surface area contributed by atoms with Crippen LogP contribution in [-0.2, 0) is 12.8 Å². The predicted molar refractivity (Wildman–Crippen MR) is 63.3 cm³/mol. The summed E-state index contributed by atoms with van der Waals surface area (Å²) in [5, 5.41) is 2.04. The van der Waals surface area contributed by atoms with E-state index in [4.69, 9.17) is 17.3 Å². The topological polar surface area (TPSA) is 41.8 Å². The molecule has 0 amide bonds. The van der Waals surface area contributed by atoms with Crippen LogP contribution in [0.4, 0.5) is 0 Å². The van der Waals surface area contributed by atoms with Gasteiger partial charge >= 0.3 is 0 Å². The number of nitrogens with two attached hydrogens (primary N) is 1. The number of benzene rings is 1. The van der Waals surface area contributed by atoms with Crippen molar-refractivity contribution in [2.75, 3.05) is 0 Å². The summed E-state index contributed by atoms with van der Waals surface area (Å²) < 4.78 is 0. The first-order valence-corrected chi connectivity index (χ1v) is 5.66. The lowest BCUT2D eigenvalue weighted by Gasteiger charge is -2.18. The number of hydrogen-bond acceptors (Lipinski definition) is 1. The number of hydrogen-bond donors (Lipinski definition) is 2. The Balaban J connectivity index is 2.25. The first kappa shape index (κ1) is 9.25. The molecule has 1 unspecified atom stereocenters. The lowest BCUT2D eigenvalue weighted by Crippen LogP contribution is -2.27. The molecule has 0 saturated heterocycles. The lowest BCUT2D eigenvalue weighted by atomic mass is 9.92. The standard InChI is InChI=1S/C12H13ClN2/c13-7-1-3-11-9(5-7)10-6-8(14)2-4-12(10)15-11/h1,3,5,8,15H,2,4,6,14H2. The van der Waals surface area contributed by atoms with Gasteiger partial charge in [-0.05, 0) is 43.0 Å². The van der Waals surface area contributed by atoms with Crippen LogP contribution in [0.2, 0.25) is 5.02 Å². The van der Waals surface area contributed by atoms with Crippen LogP contribution < -0.4 is 5.73 Å². The predicted octanol–water partition coefficient (Wildman–Crippen LogP) is 2.64. The van der Waals surface area contributed by atoms with E-state index in [9.17, 15) is 0 Å². The van der Waals surface area contributed by atoms with E-state index < -0.39 is 0 Å². The number of aromatic amines is 1. The molecule has 1 aliphatic carbocycles. The third kappa shape index (κ3) is 1.45. The van der Waals surface area contributed by atoms with Crippen LogP contribution in [0.5, 0.6) is 0 Å². The maximum Gasteiger partial charge on any atom is 0.0460 e. The van der Waals surface area contributed by atoms with Gasteiger partial charge in [-0.1, -0.05) is 11.6 Å². The Kier molecular flexibility index (Phi) is 2.01. The number of fused-ring (bicyclic) bond motifs is 3. The molecule has 0 saturated carbocycles. The van der Waals surface area contributed by atoms with Crippen molar-refractivity contribution in [1.82, 2.24) is 4.98 Å². The Morgan fingerprint density at radius 3 is 3.13 bits per heavy atom. The summed E-state index contributed by atoms with van der Waals surface area (Å²) in [6.07, 6.45) is 3.10. The fourth-order valence-corrected chi connectivity index (χ4v) is 2.59. The second-order valence-corrected chi connectivity index (χ2v) is 4.71. The SMILES string of the molecule is NC1CCc2[nH]c3ccc(Cl)cc3c2C1. The highest BCUT2D eigenvalue weighted by Crippen LogP contribution is 2.30. The second-order valence-electron chi connectivity index (χ2n) is 4.27. The van der Waals surface area contributed by atoms with Gasteiger partial charge in [0.15, 0.2) is 0 Å². The molecule has 3 heteroatoms. The van der Waals surface area contributed by atoms with Crippen LogP contribution in [0.1, 0.15) is 17.7 Å². The van der Waals surface area contributed by atoms with Gasteiger partial charge in [-0.25, -0.2) is 0 Å². The van der Waals surface area contributed by atoms with E-state index in [0.29, 0.717) is 6.04 Å². The average Bonchev–Trinajstić information content (AvgIpc) is 2.56. The van der Waals surface area contributed by atoms with E-state index in [1.807, 2.05) is 18.2 Å². The summed E-state index contributed by atoms with van der Waals surface area (Å²) in [5.74, 6) is 0. The van der Waals surface area contributed by atoms with E-state index in [2.05, 4.69) is 4.98 Å². The highest BCUT2D eigenvalue weighted by molar-refractivity contribution is 6.31. The smallest absolute Gasteiger partial charge is 0.0460 e. The van der Waals surface area contributed by atoms with Crippen molar-refractivity contribution in [2.45, 2.75) is 25.3 Å². The van der Waals surface area contributed by atoms with Crippen LogP contribution in [0.3, 0.4) is 0 Å². The van der Waals surface area contributed by atoms with Crippen molar-refractivity contribution >= 4 is 22.5 Å². The highest BCUT2D eigenvalue weighted by Gasteiger charge is 2.19. The third-order valence-electron chi connectivity index (χ3n) is 3.19. The average molecular weight is 221 g/mol. The number of rotatable bonds is 0. The van der Waals surface area contributed by atoms with Gasteiger partial charge in [0.05, 0.1) is 0 Å². The van der Waals surface area contributed by atoms with Gasteiger partial charge in [0, 0.05) is 27.7 Å². The highest BCUT2D eigenvalue weighted by atomic mass is 35.5. The maximum absolute atomic E-state index is 6.01. The Hall–Kier alpha value is -0.990. The van der Waals surface area contributed by atoms with Crippen molar-refractivity contribution < 1.29 is 0 Å². The zero-order chi connectivity index (χ0) is 10.4. The molecule has 78 valence electrons. The molecule has 1 aromatic carbocycles. The van der Waals surface area contributed by atoms with Gasteiger partial charge in [-0.2, -0.15) is 0 Å². The van der Waals surface area contributed by atoms with Gasteiger partial charge in [0.25, 0.3) is 0 Å². The summed E-state index contributed by atoms with van der Waals surface area (Å²) in [7, 11) is 0. The van der Waals surface area contributed by atoms with E-state index in [-0.39, 0.29) is 0 Å². The van der Waals surface area contributed by atoms with Crippen molar-refractivity contribution in [3.05, 3.63) is 34.5 Å². The van der Waals surface area contributed by atoms with Gasteiger partial charge in [-0.15, -0.1) is 0 Å². The van der Waals surface area contributed by atoms with E-state index in [0.717, 1.165) is 24.3 Å². The Morgan fingerprint density at radius 1 is 1.40 bits per heavy atom. The van der Waals surface area contributed by atoms with Gasteiger partial charge < -0.3 is 10.7 Å². The molecule has 0 aliphatic heterocycles. The lowest BCUT2D eigenvalue weighted by molar-refractivity contribution is 0.574. The van der Waals surface area contributed by atoms with Crippen LogP contribution >= 0.6 is 11.6 Å². The quantitative estimate of drug-likeness (QED) is 0.704. The molecular formula is C12H13ClN2. The molecule has 0 radical (unpaired) electrons. The number of halogens is 1. The molecule has 1 aromatic heterocycles. The fourth-order valence-electron chi connectivity index (χ4n) is 2.42. The molecule has 0 spiro atoms. The van der Waals surface area contributed by atoms with Crippen LogP contribution in [0, 0.1) is 0 Å². The molecule has 2 nitrogen and oxygen atoms in total. The van der Waals surface area contributed by atoms with Gasteiger partial charge in [0.1, 0.15) is 0 Å². The van der Waals surface area contributed by atoms with Crippen molar-refractivity contribution in [3.8, 4) is 0 Å². The monoisotopic (exact) mass is 220 g/mol. The molecule has 3 rings (SSSR count). The summed E-state index contributed by atoms with van der Waals surface area (Å²) in [4.78, 5) is 3.45. The number of aromatic nitrogens is 1. The molecule has 15 heavy (non-hydrogen) atoms. The summed E-state index contributed by atoms with van der Waals surface area (Å²) in [6, 6.07) is 6.30. The minimum atomic E-state index is 0.301. The summed E-state index contributed by atoms with van der Waals surface area (Å²) >= 11 is 6.01. The first-order chi connectivity index (χ1) is 7.24. The first-order valence-electron chi connectivity index (χ1n) is 5.28. The van der Waals surface area contributed by atoms with Crippen LogP contribution in [-0.4, -0.2) is 11.0 Å². The van der Waals surface area contributed by atoms with Gasteiger partial charge in [0.2, 0.25) is 0 Å². The Bertz CT molecular complexity index is 516. The van der Waals surface area contributed by atoms with E-state index in [1.165, 1.54) is 22.2 Å². The van der Waals surface area contributed by atoms with Crippen LogP contribution in [0.15, 0.2) is 18.2 Å².